The largest absolute Gasteiger partial charge is 0.326 e. The van der Waals surface area contributed by atoms with Crippen LogP contribution in [0.25, 0.3) is 0 Å². The maximum absolute atomic E-state index is 6.15. The highest BCUT2D eigenvalue weighted by Gasteiger charge is 2.04. The van der Waals surface area contributed by atoms with E-state index >= 15 is 0 Å². The van der Waals surface area contributed by atoms with E-state index in [0.29, 0.717) is 6.54 Å². The van der Waals surface area contributed by atoms with Gasteiger partial charge in [-0.3, -0.25) is 0 Å². The van der Waals surface area contributed by atoms with Gasteiger partial charge in [-0.1, -0.05) is 46.8 Å². The Hall–Kier alpha value is -0.620. The van der Waals surface area contributed by atoms with Crippen molar-refractivity contribution in [3.8, 4) is 0 Å². The second-order valence-corrected chi connectivity index (χ2v) is 5.59. The Bertz CT molecular complexity index is 459. The predicted octanol–water partition coefficient (Wildman–Crippen LogP) is 2.94. The molecule has 0 amide bonds. The number of nitrogens with two attached hydrogens (primary N) is 1. The third kappa shape index (κ3) is 2.95. The zero-order valence-corrected chi connectivity index (χ0v) is 10.8. The second-order valence-electron chi connectivity index (χ2n) is 3.12. The Morgan fingerprint density at radius 1 is 1.44 bits per heavy atom. The fraction of sp³-hybridized carbons (Fsp3) is 0.200. The Morgan fingerprint density at radius 3 is 2.94 bits per heavy atom. The zero-order chi connectivity index (χ0) is 11.4. The molecule has 6 heteroatoms. The molecule has 1 heterocycles. The summed E-state index contributed by atoms with van der Waals surface area (Å²) in [4.78, 5) is 0. The number of rotatable bonds is 4. The van der Waals surface area contributed by atoms with Gasteiger partial charge in [-0.25, -0.2) is 0 Å². The Morgan fingerprint density at radius 2 is 2.31 bits per heavy atom. The number of hydrogen-bond acceptors (Lipinski definition) is 5. The van der Waals surface area contributed by atoms with E-state index in [1.54, 1.807) is 17.3 Å². The van der Waals surface area contributed by atoms with Gasteiger partial charge in [0.25, 0.3) is 0 Å². The van der Waals surface area contributed by atoms with E-state index in [2.05, 4.69) is 10.2 Å². The summed E-state index contributed by atoms with van der Waals surface area (Å²) in [6.07, 6.45) is 0. The average molecular weight is 272 g/mol. The first-order valence-electron chi connectivity index (χ1n) is 4.66. The van der Waals surface area contributed by atoms with Gasteiger partial charge in [0.2, 0.25) is 0 Å². The summed E-state index contributed by atoms with van der Waals surface area (Å²) in [6, 6.07) is 5.93. The normalized spacial score (nSPS) is 10.6. The molecule has 16 heavy (non-hydrogen) atoms. The van der Waals surface area contributed by atoms with E-state index in [1.807, 2.05) is 18.2 Å². The first-order chi connectivity index (χ1) is 7.79. The van der Waals surface area contributed by atoms with Gasteiger partial charge in [0, 0.05) is 17.3 Å². The van der Waals surface area contributed by atoms with Crippen LogP contribution in [-0.2, 0) is 12.3 Å². The molecule has 0 fully saturated rings. The molecule has 0 aliphatic rings. The van der Waals surface area contributed by atoms with Gasteiger partial charge in [0.1, 0.15) is 5.51 Å². The van der Waals surface area contributed by atoms with Crippen molar-refractivity contribution in [3.05, 3.63) is 39.9 Å². The highest BCUT2D eigenvalue weighted by atomic mass is 35.5. The maximum Gasteiger partial charge on any atom is 0.174 e. The van der Waals surface area contributed by atoms with Gasteiger partial charge in [-0.2, -0.15) is 0 Å². The monoisotopic (exact) mass is 271 g/mol. The molecule has 0 radical (unpaired) electrons. The topological polar surface area (TPSA) is 51.8 Å². The summed E-state index contributed by atoms with van der Waals surface area (Å²) in [5.41, 5.74) is 9.41. The summed E-state index contributed by atoms with van der Waals surface area (Å²) in [5, 5.41) is 8.51. The summed E-state index contributed by atoms with van der Waals surface area (Å²) < 4.78 is 0.957. The van der Waals surface area contributed by atoms with Gasteiger partial charge in [-0.05, 0) is 17.2 Å². The fourth-order valence-electron chi connectivity index (χ4n) is 1.20. The lowest BCUT2D eigenvalue weighted by Gasteiger charge is -2.04. The minimum Gasteiger partial charge on any atom is -0.326 e. The fourth-order valence-corrected chi connectivity index (χ4v) is 3.04. The van der Waals surface area contributed by atoms with E-state index in [9.17, 15) is 0 Å². The maximum atomic E-state index is 6.15. The van der Waals surface area contributed by atoms with Crippen molar-refractivity contribution in [3.63, 3.8) is 0 Å². The van der Waals surface area contributed by atoms with Crippen LogP contribution in [0.1, 0.15) is 11.1 Å². The van der Waals surface area contributed by atoms with Crippen molar-refractivity contribution in [1.29, 1.82) is 0 Å². The van der Waals surface area contributed by atoms with Crippen molar-refractivity contribution in [2.75, 3.05) is 0 Å². The number of benzene rings is 1. The van der Waals surface area contributed by atoms with Crippen molar-refractivity contribution in [1.82, 2.24) is 10.2 Å². The number of thioether (sulfide) groups is 1. The minimum absolute atomic E-state index is 0.517. The van der Waals surface area contributed by atoms with Gasteiger partial charge in [0.15, 0.2) is 4.34 Å². The predicted molar refractivity (Wildman–Crippen MR) is 68.8 cm³/mol. The van der Waals surface area contributed by atoms with Crippen LogP contribution in [0.5, 0.6) is 0 Å². The summed E-state index contributed by atoms with van der Waals surface area (Å²) >= 11 is 9.32. The van der Waals surface area contributed by atoms with Gasteiger partial charge in [-0.15, -0.1) is 10.2 Å². The van der Waals surface area contributed by atoms with Gasteiger partial charge >= 0.3 is 0 Å². The van der Waals surface area contributed by atoms with Crippen LogP contribution < -0.4 is 5.73 Å². The lowest BCUT2D eigenvalue weighted by Crippen LogP contribution is -1.96. The number of aromatic nitrogens is 2. The summed E-state index contributed by atoms with van der Waals surface area (Å²) in [7, 11) is 0. The van der Waals surface area contributed by atoms with Crippen LogP contribution in [0.3, 0.4) is 0 Å². The van der Waals surface area contributed by atoms with E-state index in [4.69, 9.17) is 17.3 Å². The molecular formula is C10H10ClN3S2. The molecule has 0 bridgehead atoms. The van der Waals surface area contributed by atoms with Crippen molar-refractivity contribution in [2.24, 2.45) is 5.73 Å². The lowest BCUT2D eigenvalue weighted by atomic mass is 10.1. The molecule has 1 aromatic heterocycles. The highest BCUT2D eigenvalue weighted by molar-refractivity contribution is 8.00. The van der Waals surface area contributed by atoms with Crippen molar-refractivity contribution >= 4 is 34.7 Å². The molecule has 0 unspecified atom stereocenters. The molecule has 0 atom stereocenters. The lowest BCUT2D eigenvalue weighted by molar-refractivity contribution is 1.01. The Kier molecular flexibility index (Phi) is 4.17. The Balaban J connectivity index is 2.04. The average Bonchev–Trinajstić information content (AvgIpc) is 2.80. The quantitative estimate of drug-likeness (QED) is 0.869. The van der Waals surface area contributed by atoms with Crippen LogP contribution in [-0.4, -0.2) is 10.2 Å². The molecule has 2 rings (SSSR count). The first-order valence-corrected chi connectivity index (χ1v) is 6.90. The SMILES string of the molecule is NCc1ccc(CSc2nncs2)c(Cl)c1. The van der Waals surface area contributed by atoms with Crippen LogP contribution in [0.2, 0.25) is 5.02 Å². The van der Waals surface area contributed by atoms with Crippen LogP contribution >= 0.6 is 34.7 Å². The van der Waals surface area contributed by atoms with Gasteiger partial charge in [0.05, 0.1) is 0 Å². The summed E-state index contributed by atoms with van der Waals surface area (Å²) in [5.74, 6) is 0.804. The van der Waals surface area contributed by atoms with Gasteiger partial charge < -0.3 is 5.73 Å². The summed E-state index contributed by atoms with van der Waals surface area (Å²) in [6.45, 7) is 0.517. The van der Waals surface area contributed by atoms with Crippen molar-refractivity contribution in [2.45, 2.75) is 16.6 Å². The molecule has 0 spiro atoms. The molecule has 0 aliphatic carbocycles. The molecule has 2 N–H and O–H groups in total. The Labute approximate surface area is 107 Å². The molecule has 0 saturated heterocycles. The van der Waals surface area contributed by atoms with E-state index in [0.717, 1.165) is 26.2 Å². The standard InChI is InChI=1S/C10H10ClN3S2/c11-9-3-7(4-12)1-2-8(9)5-15-10-14-13-6-16-10/h1-3,6H,4-5,12H2. The first kappa shape index (κ1) is 11.9. The van der Waals surface area contributed by atoms with Crippen LogP contribution in [0, 0.1) is 0 Å². The second kappa shape index (κ2) is 5.63. The molecule has 1 aromatic carbocycles. The van der Waals surface area contributed by atoms with E-state index in [-0.39, 0.29) is 0 Å². The third-order valence-electron chi connectivity index (χ3n) is 2.04. The van der Waals surface area contributed by atoms with Crippen LogP contribution in [0.4, 0.5) is 0 Å². The molecule has 0 aliphatic heterocycles. The smallest absolute Gasteiger partial charge is 0.174 e. The number of nitrogens with zero attached hydrogens (tertiary/aromatic N) is 2. The van der Waals surface area contributed by atoms with E-state index in [1.165, 1.54) is 11.3 Å². The highest BCUT2D eigenvalue weighted by Crippen LogP contribution is 2.27. The van der Waals surface area contributed by atoms with Crippen molar-refractivity contribution < 1.29 is 0 Å². The number of halogens is 1. The molecular weight excluding hydrogens is 262 g/mol. The van der Waals surface area contributed by atoms with E-state index < -0.39 is 0 Å². The van der Waals surface area contributed by atoms with Crippen LogP contribution in [0.15, 0.2) is 28.0 Å². The number of hydrogen-bond donors (Lipinski definition) is 1. The third-order valence-corrected chi connectivity index (χ3v) is 4.31. The molecule has 3 nitrogen and oxygen atoms in total. The molecule has 0 saturated carbocycles. The zero-order valence-electron chi connectivity index (χ0n) is 8.39. The molecule has 2 aromatic rings. The minimum atomic E-state index is 0.517. The molecule has 84 valence electrons.